The van der Waals surface area contributed by atoms with Gasteiger partial charge in [-0.15, -0.1) is 0 Å². The topological polar surface area (TPSA) is 52.0 Å². The van der Waals surface area contributed by atoms with Crippen LogP contribution in [0.2, 0.25) is 0 Å². The molecule has 0 saturated heterocycles. The number of nitrogen functional groups attached to an aromatic ring is 1. The molecule has 0 bridgehead atoms. The molecule has 3 nitrogen and oxygen atoms in total. The minimum absolute atomic E-state index is 0.0481. The predicted octanol–water partition coefficient (Wildman–Crippen LogP) is 2.86. The second-order valence-electron chi connectivity index (χ2n) is 3.03. The van der Waals surface area contributed by atoms with Gasteiger partial charge in [-0.2, -0.15) is 0 Å². The molecule has 2 rings (SSSR count). The van der Waals surface area contributed by atoms with Crippen LogP contribution in [0.5, 0.6) is 0 Å². The molecule has 0 atom stereocenters. The molecule has 0 radical (unpaired) electrons. The van der Waals surface area contributed by atoms with Gasteiger partial charge in [-0.25, -0.2) is 8.78 Å². The average molecular weight is 210 g/mol. The van der Waals surface area contributed by atoms with Crippen LogP contribution in [0.4, 0.5) is 14.7 Å². The molecule has 2 N–H and O–H groups in total. The van der Waals surface area contributed by atoms with Gasteiger partial charge in [-0.3, -0.25) is 0 Å². The Morgan fingerprint density at radius 2 is 2.13 bits per heavy atom. The van der Waals surface area contributed by atoms with Crippen LogP contribution >= 0.6 is 0 Å². The first kappa shape index (κ1) is 9.64. The van der Waals surface area contributed by atoms with Crippen molar-refractivity contribution in [2.75, 3.05) is 5.73 Å². The number of rotatable bonds is 2. The number of hydrogen-bond acceptors (Lipinski definition) is 3. The second-order valence-corrected chi connectivity index (χ2v) is 3.03. The number of nitrogens with zero attached hydrogens (tertiary/aromatic N) is 1. The van der Waals surface area contributed by atoms with Crippen molar-refractivity contribution in [1.29, 1.82) is 0 Å². The van der Waals surface area contributed by atoms with E-state index in [0.29, 0.717) is 11.1 Å². The number of hydrogen-bond donors (Lipinski definition) is 1. The zero-order chi connectivity index (χ0) is 10.8. The number of anilines is 1. The number of aromatic nitrogens is 1. The summed E-state index contributed by atoms with van der Waals surface area (Å²) in [7, 11) is 0. The lowest BCUT2D eigenvalue weighted by Gasteiger charge is -2.02. The maximum absolute atomic E-state index is 12.4. The Kier molecular flexibility index (Phi) is 2.37. The van der Waals surface area contributed by atoms with Crippen LogP contribution in [0.3, 0.4) is 0 Å². The molecule has 0 spiro atoms. The third kappa shape index (κ3) is 1.81. The summed E-state index contributed by atoms with van der Waals surface area (Å²) in [5, 5.41) is 3.49. The maximum Gasteiger partial charge on any atom is 0.263 e. The summed E-state index contributed by atoms with van der Waals surface area (Å²) < 4.78 is 29.5. The Hall–Kier alpha value is -1.91. The number of alkyl halides is 2. The highest BCUT2D eigenvalue weighted by atomic mass is 19.3. The lowest BCUT2D eigenvalue weighted by Crippen LogP contribution is -1.87. The highest BCUT2D eigenvalue weighted by Gasteiger charge is 2.11. The van der Waals surface area contributed by atoms with Crippen molar-refractivity contribution in [2.24, 2.45) is 0 Å². The Bertz CT molecular complexity index is 468. The van der Waals surface area contributed by atoms with Crippen molar-refractivity contribution in [3.8, 4) is 11.1 Å². The summed E-state index contributed by atoms with van der Waals surface area (Å²) in [5.74, 6) is 0.126. The van der Waals surface area contributed by atoms with Gasteiger partial charge in [0.25, 0.3) is 6.43 Å². The molecular weight excluding hydrogens is 202 g/mol. The zero-order valence-electron chi connectivity index (χ0n) is 7.65. The fraction of sp³-hybridized carbons (Fsp3) is 0.100. The van der Waals surface area contributed by atoms with E-state index in [1.165, 1.54) is 18.3 Å². The molecule has 1 heterocycles. The largest absolute Gasteiger partial charge is 0.367 e. The molecule has 0 unspecified atom stereocenters. The Balaban J connectivity index is 2.46. The molecule has 0 fully saturated rings. The first-order valence-corrected chi connectivity index (χ1v) is 4.27. The third-order valence-electron chi connectivity index (χ3n) is 2.05. The standard InChI is InChI=1S/C10H8F2N2O/c11-9(12)7-3-1-2-6(4-7)8-5-14-15-10(8)13/h1-5,9H,13H2. The van der Waals surface area contributed by atoms with Crippen LogP contribution in [-0.2, 0) is 0 Å². The summed E-state index contributed by atoms with van der Waals surface area (Å²) >= 11 is 0. The minimum atomic E-state index is -2.49. The third-order valence-corrected chi connectivity index (χ3v) is 2.05. The van der Waals surface area contributed by atoms with E-state index < -0.39 is 6.43 Å². The molecule has 0 aliphatic rings. The maximum atomic E-state index is 12.4. The monoisotopic (exact) mass is 210 g/mol. The van der Waals surface area contributed by atoms with Crippen LogP contribution < -0.4 is 5.73 Å². The zero-order valence-corrected chi connectivity index (χ0v) is 7.65. The van der Waals surface area contributed by atoms with Gasteiger partial charge in [-0.05, 0) is 11.6 Å². The molecule has 1 aromatic heterocycles. The smallest absolute Gasteiger partial charge is 0.263 e. The summed E-state index contributed by atoms with van der Waals surface area (Å²) in [5.41, 5.74) is 6.54. The van der Waals surface area contributed by atoms with Gasteiger partial charge < -0.3 is 10.3 Å². The molecular formula is C10H8F2N2O. The Morgan fingerprint density at radius 1 is 1.33 bits per heavy atom. The van der Waals surface area contributed by atoms with Gasteiger partial charge >= 0.3 is 0 Å². The Labute approximate surface area is 84.5 Å². The van der Waals surface area contributed by atoms with Gasteiger partial charge in [0.05, 0.1) is 11.8 Å². The van der Waals surface area contributed by atoms with Crippen LogP contribution in [0.1, 0.15) is 12.0 Å². The van der Waals surface area contributed by atoms with Gasteiger partial charge in [-0.1, -0.05) is 23.4 Å². The van der Waals surface area contributed by atoms with E-state index in [1.54, 1.807) is 12.1 Å². The van der Waals surface area contributed by atoms with Gasteiger partial charge in [0.15, 0.2) is 0 Å². The van der Waals surface area contributed by atoms with Crippen molar-refractivity contribution in [1.82, 2.24) is 5.16 Å². The SMILES string of the molecule is Nc1oncc1-c1cccc(C(F)F)c1. The van der Waals surface area contributed by atoms with Crippen LogP contribution in [0.15, 0.2) is 35.0 Å². The highest BCUT2D eigenvalue weighted by molar-refractivity contribution is 5.72. The van der Waals surface area contributed by atoms with E-state index in [-0.39, 0.29) is 11.4 Å². The van der Waals surface area contributed by atoms with Gasteiger partial charge in [0.1, 0.15) is 0 Å². The number of halogens is 2. The summed E-state index contributed by atoms with van der Waals surface area (Å²) in [6.07, 6.45) is -1.09. The summed E-state index contributed by atoms with van der Waals surface area (Å²) in [6, 6.07) is 5.95. The fourth-order valence-corrected chi connectivity index (χ4v) is 1.31. The lowest BCUT2D eigenvalue weighted by atomic mass is 10.1. The summed E-state index contributed by atoms with van der Waals surface area (Å²) in [4.78, 5) is 0. The van der Waals surface area contributed by atoms with E-state index in [4.69, 9.17) is 5.73 Å². The van der Waals surface area contributed by atoms with Crippen molar-refractivity contribution < 1.29 is 13.3 Å². The molecule has 5 heteroatoms. The van der Waals surface area contributed by atoms with Gasteiger partial charge in [0, 0.05) is 5.56 Å². The first-order valence-electron chi connectivity index (χ1n) is 4.27. The van der Waals surface area contributed by atoms with Crippen LogP contribution in [-0.4, -0.2) is 5.16 Å². The lowest BCUT2D eigenvalue weighted by molar-refractivity contribution is 0.151. The molecule has 1 aromatic carbocycles. The fourth-order valence-electron chi connectivity index (χ4n) is 1.31. The second kappa shape index (κ2) is 3.68. The van der Waals surface area contributed by atoms with Crippen molar-refractivity contribution in [2.45, 2.75) is 6.43 Å². The first-order chi connectivity index (χ1) is 7.18. The van der Waals surface area contributed by atoms with E-state index in [0.717, 1.165) is 0 Å². The molecule has 0 aliphatic heterocycles. The normalized spacial score (nSPS) is 10.9. The molecule has 0 aliphatic carbocycles. The van der Waals surface area contributed by atoms with E-state index in [2.05, 4.69) is 9.68 Å². The van der Waals surface area contributed by atoms with E-state index >= 15 is 0 Å². The van der Waals surface area contributed by atoms with Crippen LogP contribution in [0.25, 0.3) is 11.1 Å². The molecule has 15 heavy (non-hydrogen) atoms. The van der Waals surface area contributed by atoms with Crippen molar-refractivity contribution in [3.05, 3.63) is 36.0 Å². The van der Waals surface area contributed by atoms with E-state index in [9.17, 15) is 8.78 Å². The van der Waals surface area contributed by atoms with Gasteiger partial charge in [0.2, 0.25) is 5.88 Å². The predicted molar refractivity (Wildman–Crippen MR) is 51.3 cm³/mol. The van der Waals surface area contributed by atoms with Crippen molar-refractivity contribution >= 4 is 5.88 Å². The molecule has 0 saturated carbocycles. The van der Waals surface area contributed by atoms with Crippen molar-refractivity contribution in [3.63, 3.8) is 0 Å². The highest BCUT2D eigenvalue weighted by Crippen LogP contribution is 2.28. The molecule has 78 valence electrons. The average Bonchev–Trinajstić information content (AvgIpc) is 2.64. The molecule has 0 amide bonds. The Morgan fingerprint density at radius 3 is 2.73 bits per heavy atom. The number of nitrogens with two attached hydrogens (primary N) is 1. The summed E-state index contributed by atoms with van der Waals surface area (Å²) in [6.45, 7) is 0. The van der Waals surface area contributed by atoms with Crippen LogP contribution in [0, 0.1) is 0 Å². The van der Waals surface area contributed by atoms with E-state index in [1.807, 2.05) is 0 Å². The number of benzene rings is 1. The minimum Gasteiger partial charge on any atom is -0.367 e. The quantitative estimate of drug-likeness (QED) is 0.829. The molecule has 2 aromatic rings.